The minimum Gasteiger partial charge on any atom is -0.389 e. The van der Waals surface area contributed by atoms with Crippen LogP contribution in [0.4, 0.5) is 0 Å². The molecule has 2 N–H and O–H groups in total. The molecule has 0 aliphatic heterocycles. The van der Waals surface area contributed by atoms with Gasteiger partial charge in [0, 0.05) is 18.6 Å². The molecule has 26 heavy (non-hydrogen) atoms. The Bertz CT molecular complexity index is 585. The number of rotatable bonds is 9. The zero-order valence-electron chi connectivity index (χ0n) is 16.6. The maximum absolute atomic E-state index is 10.3. The zero-order valence-corrected chi connectivity index (χ0v) is 16.6. The van der Waals surface area contributed by atoms with Crippen molar-refractivity contribution in [2.45, 2.75) is 65.1 Å². The molecule has 0 aromatic heterocycles. The number of allylic oxidation sites excluding steroid dienone is 2. The first-order chi connectivity index (χ1) is 12.5. The topological polar surface area (TPSA) is 44.7 Å². The predicted octanol–water partition coefficient (Wildman–Crippen LogP) is 4.14. The van der Waals surface area contributed by atoms with Crippen molar-refractivity contribution in [1.82, 2.24) is 10.4 Å². The van der Waals surface area contributed by atoms with Crippen LogP contribution in [0.2, 0.25) is 0 Å². The molecule has 1 atom stereocenters. The van der Waals surface area contributed by atoms with Crippen molar-refractivity contribution in [3.63, 3.8) is 0 Å². The molecule has 0 fully saturated rings. The highest BCUT2D eigenvalue weighted by atomic mass is 16.6. The summed E-state index contributed by atoms with van der Waals surface area (Å²) in [6.07, 6.45) is 7.11. The minimum atomic E-state index is -0.516. The Kier molecular flexibility index (Phi) is 8.36. The summed E-state index contributed by atoms with van der Waals surface area (Å²) in [5.41, 5.74) is 6.54. The molecule has 0 unspecified atom stereocenters. The molecule has 144 valence electrons. The summed E-state index contributed by atoms with van der Waals surface area (Å²) in [5, 5.41) is 10.3. The van der Waals surface area contributed by atoms with E-state index in [9.17, 15) is 5.11 Å². The second-order valence-corrected chi connectivity index (χ2v) is 7.54. The molecule has 4 heteroatoms. The van der Waals surface area contributed by atoms with Crippen molar-refractivity contribution in [1.29, 1.82) is 0 Å². The van der Waals surface area contributed by atoms with Gasteiger partial charge < -0.3 is 5.11 Å². The van der Waals surface area contributed by atoms with E-state index < -0.39 is 6.10 Å². The summed E-state index contributed by atoms with van der Waals surface area (Å²) in [6, 6.07) is 11.1. The first kappa shape index (κ1) is 20.7. The van der Waals surface area contributed by atoms with Gasteiger partial charge in [-0.2, -0.15) is 0 Å². The summed E-state index contributed by atoms with van der Waals surface area (Å²) < 4.78 is 0. The molecule has 1 aliphatic carbocycles. The van der Waals surface area contributed by atoms with Crippen LogP contribution in [-0.2, 0) is 4.84 Å². The zero-order chi connectivity index (χ0) is 18.9. The number of nitrogens with one attached hydrogen (secondary N) is 1. The summed E-state index contributed by atoms with van der Waals surface area (Å²) in [7, 11) is 0. The Morgan fingerprint density at radius 2 is 1.85 bits per heavy atom. The standard InChI is InChI=1S/C22H34N2O2/c1-17(2)24(18(3)4)15-21(25)16-26-23-22-13-9-8-12-20(22)14-19-10-6-5-7-11-19/h5-7,10-11,13-14,17-18,21,23,25H,8-9,12,15-16H2,1-4H3/t21-/m0/s1. The van der Waals surface area contributed by atoms with Gasteiger partial charge in [0.05, 0.1) is 11.8 Å². The van der Waals surface area contributed by atoms with Gasteiger partial charge >= 0.3 is 0 Å². The fraction of sp³-hybridized carbons (Fsp3) is 0.545. The Morgan fingerprint density at radius 3 is 2.50 bits per heavy atom. The van der Waals surface area contributed by atoms with Gasteiger partial charge in [-0.3, -0.25) is 15.2 Å². The molecule has 0 heterocycles. The van der Waals surface area contributed by atoms with Crippen LogP contribution in [0.3, 0.4) is 0 Å². The van der Waals surface area contributed by atoms with Crippen molar-refractivity contribution in [3.05, 3.63) is 53.2 Å². The van der Waals surface area contributed by atoms with Crippen LogP contribution in [0, 0.1) is 0 Å². The van der Waals surface area contributed by atoms with Gasteiger partial charge in [-0.1, -0.05) is 36.4 Å². The second-order valence-electron chi connectivity index (χ2n) is 7.54. The Labute approximate surface area is 158 Å². The van der Waals surface area contributed by atoms with Gasteiger partial charge in [0.2, 0.25) is 0 Å². The van der Waals surface area contributed by atoms with E-state index in [1.165, 1.54) is 11.1 Å². The van der Waals surface area contributed by atoms with Crippen molar-refractivity contribution in [2.24, 2.45) is 0 Å². The van der Waals surface area contributed by atoms with E-state index in [1.807, 2.05) is 18.2 Å². The summed E-state index contributed by atoms with van der Waals surface area (Å²) in [4.78, 5) is 7.90. The van der Waals surface area contributed by atoms with E-state index in [4.69, 9.17) is 4.84 Å². The molecule has 0 spiro atoms. The molecule has 1 aromatic carbocycles. The molecular formula is C22H34N2O2. The van der Waals surface area contributed by atoms with E-state index in [1.54, 1.807) is 0 Å². The quantitative estimate of drug-likeness (QED) is 0.651. The lowest BCUT2D eigenvalue weighted by Crippen LogP contribution is -2.43. The van der Waals surface area contributed by atoms with Crippen molar-refractivity contribution in [3.8, 4) is 0 Å². The predicted molar refractivity (Wildman–Crippen MR) is 108 cm³/mol. The van der Waals surface area contributed by atoms with Crippen LogP contribution in [0.15, 0.2) is 47.7 Å². The fourth-order valence-corrected chi connectivity index (χ4v) is 3.34. The number of hydroxylamine groups is 1. The van der Waals surface area contributed by atoms with Crippen LogP contribution < -0.4 is 5.48 Å². The van der Waals surface area contributed by atoms with E-state index in [0.29, 0.717) is 18.6 Å². The number of hydrogen-bond acceptors (Lipinski definition) is 4. The lowest BCUT2D eigenvalue weighted by molar-refractivity contribution is -0.0258. The molecule has 0 saturated carbocycles. The highest BCUT2D eigenvalue weighted by Crippen LogP contribution is 2.24. The fourth-order valence-electron chi connectivity index (χ4n) is 3.34. The maximum Gasteiger partial charge on any atom is 0.102 e. The van der Waals surface area contributed by atoms with Crippen LogP contribution in [0.1, 0.15) is 52.5 Å². The smallest absolute Gasteiger partial charge is 0.102 e. The van der Waals surface area contributed by atoms with E-state index in [-0.39, 0.29) is 6.61 Å². The maximum atomic E-state index is 10.3. The van der Waals surface area contributed by atoms with Crippen LogP contribution in [0.25, 0.3) is 6.08 Å². The molecule has 2 rings (SSSR count). The number of hydrogen-bond donors (Lipinski definition) is 2. The lowest BCUT2D eigenvalue weighted by Gasteiger charge is -2.32. The van der Waals surface area contributed by atoms with E-state index in [0.717, 1.165) is 25.0 Å². The van der Waals surface area contributed by atoms with Crippen LogP contribution in [-0.4, -0.2) is 41.3 Å². The largest absolute Gasteiger partial charge is 0.389 e. The summed E-state index contributed by atoms with van der Waals surface area (Å²) in [6.45, 7) is 9.49. The molecule has 0 radical (unpaired) electrons. The monoisotopic (exact) mass is 358 g/mol. The molecule has 1 aliphatic rings. The number of aliphatic hydroxyl groups is 1. The second kappa shape index (κ2) is 10.5. The third-order valence-corrected chi connectivity index (χ3v) is 4.69. The van der Waals surface area contributed by atoms with Crippen molar-refractivity contribution in [2.75, 3.05) is 13.2 Å². The molecular weight excluding hydrogens is 324 g/mol. The Hall–Kier alpha value is -1.62. The van der Waals surface area contributed by atoms with Gasteiger partial charge in [-0.15, -0.1) is 0 Å². The van der Waals surface area contributed by atoms with Crippen molar-refractivity contribution >= 4 is 6.08 Å². The molecule has 1 aromatic rings. The summed E-state index contributed by atoms with van der Waals surface area (Å²) >= 11 is 0. The van der Waals surface area contributed by atoms with E-state index in [2.05, 4.69) is 62.4 Å². The molecule has 0 bridgehead atoms. The van der Waals surface area contributed by atoms with Gasteiger partial charge in [-0.05, 0) is 64.2 Å². The SMILES string of the molecule is CC(C)N(C[C@H](O)CONC1=CCCCC1=Cc1ccccc1)C(C)C. The first-order valence-corrected chi connectivity index (χ1v) is 9.75. The summed E-state index contributed by atoms with van der Waals surface area (Å²) in [5.74, 6) is 0. The minimum absolute atomic E-state index is 0.270. The number of nitrogens with zero attached hydrogens (tertiary/aromatic N) is 1. The lowest BCUT2D eigenvalue weighted by atomic mass is 9.97. The third-order valence-electron chi connectivity index (χ3n) is 4.69. The highest BCUT2D eigenvalue weighted by molar-refractivity contribution is 5.58. The number of aliphatic hydroxyl groups excluding tert-OH is 1. The number of benzene rings is 1. The van der Waals surface area contributed by atoms with Gasteiger partial charge in [0.1, 0.15) is 6.61 Å². The average Bonchev–Trinajstić information content (AvgIpc) is 2.61. The molecule has 0 saturated heterocycles. The van der Waals surface area contributed by atoms with E-state index >= 15 is 0 Å². The first-order valence-electron chi connectivity index (χ1n) is 9.75. The molecule has 4 nitrogen and oxygen atoms in total. The van der Waals surface area contributed by atoms with Gasteiger partial charge in [0.25, 0.3) is 0 Å². The van der Waals surface area contributed by atoms with Crippen molar-refractivity contribution < 1.29 is 9.94 Å². The van der Waals surface area contributed by atoms with Gasteiger partial charge in [-0.25, -0.2) is 0 Å². The highest BCUT2D eigenvalue weighted by Gasteiger charge is 2.18. The molecule has 0 amide bonds. The Morgan fingerprint density at radius 1 is 1.15 bits per heavy atom. The van der Waals surface area contributed by atoms with Gasteiger partial charge in [0.15, 0.2) is 0 Å². The Balaban J connectivity index is 1.87. The van der Waals surface area contributed by atoms with Crippen LogP contribution >= 0.6 is 0 Å². The van der Waals surface area contributed by atoms with Crippen LogP contribution in [0.5, 0.6) is 0 Å². The average molecular weight is 359 g/mol. The normalized spacial score (nSPS) is 17.8. The third kappa shape index (κ3) is 6.60.